The van der Waals surface area contributed by atoms with Gasteiger partial charge in [-0.3, -0.25) is 0 Å². The maximum Gasteiger partial charge on any atom is 0.123 e. The summed E-state index contributed by atoms with van der Waals surface area (Å²) in [5.74, 6) is 1.57. The molecule has 30 heavy (non-hydrogen) atoms. The van der Waals surface area contributed by atoms with E-state index < -0.39 is 0 Å². The summed E-state index contributed by atoms with van der Waals surface area (Å²) in [6.07, 6.45) is 4.90. The van der Waals surface area contributed by atoms with Gasteiger partial charge in [-0.2, -0.15) is 0 Å². The molecule has 0 bridgehead atoms. The molecule has 1 fully saturated rings. The van der Waals surface area contributed by atoms with Crippen LogP contribution >= 0.6 is 0 Å². The average molecular weight is 406 g/mol. The number of rotatable bonds is 8. The predicted molar refractivity (Wildman–Crippen MR) is 123 cm³/mol. The molecule has 1 aliphatic heterocycles. The molecule has 0 spiro atoms. The molecule has 1 aliphatic rings. The number of halogens is 1. The van der Waals surface area contributed by atoms with Crippen molar-refractivity contribution in [3.8, 4) is 5.75 Å². The molecular weight excluding hydrogens is 373 g/mol. The van der Waals surface area contributed by atoms with Crippen molar-refractivity contribution in [1.82, 2.24) is 4.90 Å². The molecule has 0 aromatic heterocycles. The smallest absolute Gasteiger partial charge is 0.123 e. The largest absolute Gasteiger partial charge is 0.493 e. The molecule has 2 unspecified atom stereocenters. The summed E-state index contributed by atoms with van der Waals surface area (Å²) in [4.78, 5) is 2.59. The predicted octanol–water partition coefficient (Wildman–Crippen LogP) is 6.65. The Kier molecular flexibility index (Phi) is 7.01. The number of benzene rings is 3. The lowest BCUT2D eigenvalue weighted by atomic mass is 9.80. The molecule has 2 atom stereocenters. The van der Waals surface area contributed by atoms with Gasteiger partial charge < -0.3 is 9.64 Å². The fourth-order valence-electron chi connectivity index (χ4n) is 4.67. The van der Waals surface area contributed by atoms with Gasteiger partial charge in [-0.05, 0) is 72.5 Å². The van der Waals surface area contributed by atoms with Crippen molar-refractivity contribution >= 4 is 10.8 Å². The highest BCUT2D eigenvalue weighted by atomic mass is 19.1. The van der Waals surface area contributed by atoms with Crippen LogP contribution in [0.5, 0.6) is 5.75 Å². The van der Waals surface area contributed by atoms with Crippen molar-refractivity contribution in [2.45, 2.75) is 38.5 Å². The third kappa shape index (κ3) is 5.20. The van der Waals surface area contributed by atoms with E-state index in [1.165, 1.54) is 35.6 Å². The number of ether oxygens (including phenoxy) is 1. The molecule has 3 aromatic carbocycles. The summed E-state index contributed by atoms with van der Waals surface area (Å²) < 4.78 is 19.8. The van der Waals surface area contributed by atoms with Crippen LogP contribution in [0.2, 0.25) is 0 Å². The zero-order chi connectivity index (χ0) is 20.8. The van der Waals surface area contributed by atoms with Crippen LogP contribution in [0, 0.1) is 11.7 Å². The molecule has 0 radical (unpaired) electrons. The van der Waals surface area contributed by atoms with Gasteiger partial charge >= 0.3 is 0 Å². The number of unbranched alkanes of at least 4 members (excludes halogenated alkanes) is 2. The van der Waals surface area contributed by atoms with Crippen molar-refractivity contribution in [1.29, 1.82) is 0 Å². The Morgan fingerprint density at radius 3 is 2.57 bits per heavy atom. The van der Waals surface area contributed by atoms with Crippen LogP contribution in [-0.4, -0.2) is 31.1 Å². The second-order valence-electron chi connectivity index (χ2n) is 8.53. The first-order valence-electron chi connectivity index (χ1n) is 11.3. The van der Waals surface area contributed by atoms with Crippen LogP contribution < -0.4 is 4.74 Å². The maximum atomic E-state index is 13.5. The Morgan fingerprint density at radius 2 is 1.77 bits per heavy atom. The molecule has 0 amide bonds. The van der Waals surface area contributed by atoms with Crippen molar-refractivity contribution in [2.24, 2.45) is 5.92 Å². The second kappa shape index (κ2) is 10.1. The molecular formula is C27H32FNO. The lowest BCUT2D eigenvalue weighted by molar-refractivity contribution is 0.110. The minimum Gasteiger partial charge on any atom is -0.493 e. The van der Waals surface area contributed by atoms with E-state index in [2.05, 4.69) is 54.3 Å². The second-order valence-corrected chi connectivity index (χ2v) is 8.53. The zero-order valence-electron chi connectivity index (χ0n) is 17.9. The summed E-state index contributed by atoms with van der Waals surface area (Å²) in [5.41, 5.74) is 1.23. The van der Waals surface area contributed by atoms with E-state index in [0.29, 0.717) is 18.4 Å². The number of hydrogen-bond donors (Lipinski definition) is 0. The summed E-state index contributed by atoms with van der Waals surface area (Å²) in [6.45, 7) is 6.25. The zero-order valence-corrected chi connectivity index (χ0v) is 17.9. The third-order valence-corrected chi connectivity index (χ3v) is 6.38. The van der Waals surface area contributed by atoms with Crippen LogP contribution in [0.15, 0.2) is 66.7 Å². The van der Waals surface area contributed by atoms with Gasteiger partial charge in [-0.1, -0.05) is 62.2 Å². The SMILES string of the molecule is CCCCCN1CCC(c2ccc(F)cc2)C(COc2ccc3ccccc3c2)C1. The molecule has 158 valence electrons. The van der Waals surface area contributed by atoms with Gasteiger partial charge in [-0.15, -0.1) is 0 Å². The highest BCUT2D eigenvalue weighted by Crippen LogP contribution is 2.34. The van der Waals surface area contributed by atoms with E-state index in [9.17, 15) is 4.39 Å². The van der Waals surface area contributed by atoms with Crippen molar-refractivity contribution in [3.63, 3.8) is 0 Å². The number of piperidine rings is 1. The van der Waals surface area contributed by atoms with Crippen LogP contribution in [0.4, 0.5) is 4.39 Å². The first kappa shape index (κ1) is 20.9. The molecule has 2 nitrogen and oxygen atoms in total. The fourth-order valence-corrected chi connectivity index (χ4v) is 4.67. The lowest BCUT2D eigenvalue weighted by Crippen LogP contribution is -2.42. The van der Waals surface area contributed by atoms with Gasteiger partial charge in [0.2, 0.25) is 0 Å². The Morgan fingerprint density at radius 1 is 0.967 bits per heavy atom. The van der Waals surface area contributed by atoms with Crippen LogP contribution in [0.3, 0.4) is 0 Å². The first-order valence-corrected chi connectivity index (χ1v) is 11.3. The van der Waals surface area contributed by atoms with E-state index in [0.717, 1.165) is 31.8 Å². The Hall–Kier alpha value is -2.39. The summed E-state index contributed by atoms with van der Waals surface area (Å²) >= 11 is 0. The minimum atomic E-state index is -0.167. The van der Waals surface area contributed by atoms with E-state index in [1.54, 1.807) is 12.1 Å². The van der Waals surface area contributed by atoms with Crippen molar-refractivity contribution < 1.29 is 9.13 Å². The van der Waals surface area contributed by atoms with Crippen LogP contribution in [0.25, 0.3) is 10.8 Å². The van der Waals surface area contributed by atoms with E-state index >= 15 is 0 Å². The van der Waals surface area contributed by atoms with Gasteiger partial charge in [0.15, 0.2) is 0 Å². The van der Waals surface area contributed by atoms with Crippen molar-refractivity contribution in [3.05, 3.63) is 78.1 Å². The quantitative estimate of drug-likeness (QED) is 0.389. The Balaban J connectivity index is 1.47. The van der Waals surface area contributed by atoms with E-state index in [1.807, 2.05) is 12.1 Å². The monoisotopic (exact) mass is 405 g/mol. The van der Waals surface area contributed by atoms with Crippen LogP contribution in [0.1, 0.15) is 44.1 Å². The molecule has 4 rings (SSSR count). The minimum absolute atomic E-state index is 0.167. The summed E-state index contributed by atoms with van der Waals surface area (Å²) in [5, 5.41) is 2.43. The van der Waals surface area contributed by atoms with E-state index in [4.69, 9.17) is 4.74 Å². The molecule has 1 heterocycles. The molecule has 0 aliphatic carbocycles. The Labute approximate surface area is 179 Å². The molecule has 3 heteroatoms. The van der Waals surface area contributed by atoms with Gasteiger partial charge in [0.25, 0.3) is 0 Å². The fraction of sp³-hybridized carbons (Fsp3) is 0.407. The van der Waals surface area contributed by atoms with E-state index in [-0.39, 0.29) is 5.82 Å². The van der Waals surface area contributed by atoms with Gasteiger partial charge in [0.1, 0.15) is 11.6 Å². The number of likely N-dealkylation sites (tertiary alicyclic amines) is 1. The number of fused-ring (bicyclic) bond motifs is 1. The van der Waals surface area contributed by atoms with Gasteiger partial charge in [0, 0.05) is 12.5 Å². The number of nitrogens with zero attached hydrogens (tertiary/aromatic N) is 1. The molecule has 3 aromatic rings. The summed E-state index contributed by atoms with van der Waals surface area (Å²) in [6, 6.07) is 21.8. The lowest BCUT2D eigenvalue weighted by Gasteiger charge is -2.39. The average Bonchev–Trinajstić information content (AvgIpc) is 2.78. The topological polar surface area (TPSA) is 12.5 Å². The maximum absolute atomic E-state index is 13.5. The third-order valence-electron chi connectivity index (χ3n) is 6.38. The highest BCUT2D eigenvalue weighted by Gasteiger charge is 2.30. The first-order chi connectivity index (χ1) is 14.7. The normalized spacial score (nSPS) is 19.8. The summed E-state index contributed by atoms with van der Waals surface area (Å²) in [7, 11) is 0. The van der Waals surface area contributed by atoms with Crippen LogP contribution in [-0.2, 0) is 0 Å². The molecule has 1 saturated heterocycles. The molecule has 0 saturated carbocycles. The van der Waals surface area contributed by atoms with Gasteiger partial charge in [0.05, 0.1) is 6.61 Å². The van der Waals surface area contributed by atoms with Gasteiger partial charge in [-0.25, -0.2) is 4.39 Å². The molecule has 0 N–H and O–H groups in total. The Bertz CT molecular complexity index is 939. The number of hydrogen-bond acceptors (Lipinski definition) is 2. The highest BCUT2D eigenvalue weighted by molar-refractivity contribution is 5.83. The standard InChI is InChI=1S/C27H32FNO/c1-2-3-6-16-29-17-15-27(22-9-12-25(28)13-10-22)24(19-29)20-30-26-14-11-21-7-4-5-8-23(21)18-26/h4-5,7-14,18,24,27H,2-3,6,15-17,19-20H2,1H3. The van der Waals surface area contributed by atoms with Crippen molar-refractivity contribution in [2.75, 3.05) is 26.2 Å².